The van der Waals surface area contributed by atoms with Crippen molar-refractivity contribution in [1.29, 1.82) is 0 Å². The molecule has 0 unspecified atom stereocenters. The van der Waals surface area contributed by atoms with E-state index in [1.54, 1.807) is 5.38 Å². The van der Waals surface area contributed by atoms with Crippen molar-refractivity contribution in [3.63, 3.8) is 0 Å². The Morgan fingerprint density at radius 3 is 2.57 bits per heavy atom. The summed E-state index contributed by atoms with van der Waals surface area (Å²) < 4.78 is 13.8. The second-order valence-electron chi connectivity index (χ2n) is 5.58. The van der Waals surface area contributed by atoms with Gasteiger partial charge in [-0.05, 0) is 36.5 Å². The minimum absolute atomic E-state index is 0. The zero-order chi connectivity index (χ0) is 21.1. The number of nitrogens with one attached hydrogen (secondary N) is 2. The van der Waals surface area contributed by atoms with Crippen LogP contribution in [0.1, 0.15) is 10.4 Å². The van der Waals surface area contributed by atoms with Crippen LogP contribution in [-0.4, -0.2) is 31.2 Å². The van der Waals surface area contributed by atoms with Crippen molar-refractivity contribution in [3.05, 3.63) is 63.3 Å². The molecule has 0 bridgehead atoms. The number of aromatic nitrogens is 1. The van der Waals surface area contributed by atoms with E-state index in [9.17, 15) is 24.4 Å². The Kier molecular flexibility index (Phi) is 7.26. The Bertz CT molecular complexity index is 1140. The Morgan fingerprint density at radius 1 is 1.23 bits per heavy atom. The van der Waals surface area contributed by atoms with Crippen LogP contribution in [-0.2, 0) is 0 Å². The lowest BCUT2D eigenvalue weighted by Gasteiger charge is -2.09. The van der Waals surface area contributed by atoms with Crippen LogP contribution >= 0.6 is 37.1 Å². The maximum absolute atomic E-state index is 13.8. The van der Waals surface area contributed by atoms with Gasteiger partial charge in [-0.3, -0.25) is 10.1 Å². The summed E-state index contributed by atoms with van der Waals surface area (Å²) in [7, 11) is 0. The van der Waals surface area contributed by atoms with Crippen LogP contribution in [0.3, 0.4) is 0 Å². The Morgan fingerprint density at radius 2 is 1.97 bits per heavy atom. The van der Waals surface area contributed by atoms with Crippen molar-refractivity contribution >= 4 is 64.6 Å². The van der Waals surface area contributed by atoms with E-state index in [0.29, 0.717) is 22.1 Å². The Balaban J connectivity index is 0.00000320. The number of hydrogen-bond donors (Lipinski definition) is 4. The van der Waals surface area contributed by atoms with Crippen molar-refractivity contribution in [1.82, 2.24) is 4.98 Å². The molecule has 0 radical (unpaired) electrons. The van der Waals surface area contributed by atoms with Crippen molar-refractivity contribution in [2.45, 2.75) is 0 Å². The molecule has 3 aromatic rings. The summed E-state index contributed by atoms with van der Waals surface area (Å²) in [5.74, 6) is -2.63. The van der Waals surface area contributed by atoms with E-state index < -0.39 is 28.1 Å². The molecule has 0 amide bonds. The average molecular weight is 469 g/mol. The number of nitro benzene ring substituents is 1. The summed E-state index contributed by atoms with van der Waals surface area (Å²) >= 11 is 6.33. The molecular formula is C17H13FN4O5S3. The zero-order valence-corrected chi connectivity index (χ0v) is 17.4. The zero-order valence-electron chi connectivity index (χ0n) is 14.7. The predicted octanol–water partition coefficient (Wildman–Crippen LogP) is 4.18. The van der Waals surface area contributed by atoms with Gasteiger partial charge in [0, 0.05) is 28.8 Å². The van der Waals surface area contributed by atoms with Crippen LogP contribution in [0.2, 0.25) is 0 Å². The number of carbonyl (C=O) groups is 1. The molecule has 0 fully saturated rings. The number of thiocarbonyl (C=S) groups is 1. The third-order valence-electron chi connectivity index (χ3n) is 3.65. The van der Waals surface area contributed by atoms with E-state index in [0.717, 1.165) is 12.1 Å². The van der Waals surface area contributed by atoms with E-state index in [1.807, 2.05) is 0 Å². The lowest BCUT2D eigenvalue weighted by Crippen LogP contribution is -2.19. The highest BCUT2D eigenvalue weighted by molar-refractivity contribution is 7.80. The highest BCUT2D eigenvalue weighted by Gasteiger charge is 2.16. The molecule has 9 nitrogen and oxygen atoms in total. The van der Waals surface area contributed by atoms with E-state index in [4.69, 9.17) is 17.3 Å². The van der Waals surface area contributed by atoms with Gasteiger partial charge in [-0.15, -0.1) is 11.3 Å². The van der Waals surface area contributed by atoms with E-state index >= 15 is 0 Å². The first-order valence-electron chi connectivity index (χ1n) is 7.78. The first-order chi connectivity index (χ1) is 13.7. The summed E-state index contributed by atoms with van der Waals surface area (Å²) in [4.78, 5) is 25.0. The molecule has 1 heterocycles. The minimum atomic E-state index is -1.26. The molecule has 0 aliphatic carbocycles. The fourth-order valence-corrected chi connectivity index (χ4v) is 3.33. The summed E-state index contributed by atoms with van der Waals surface area (Å²) in [6, 6.07) is 7.36. The maximum Gasteiger partial charge on any atom is 0.339 e. The second-order valence-corrected chi connectivity index (χ2v) is 6.84. The molecule has 2 aromatic carbocycles. The van der Waals surface area contributed by atoms with Gasteiger partial charge < -0.3 is 20.8 Å². The molecule has 0 atom stereocenters. The normalized spacial score (nSPS) is 10.0. The van der Waals surface area contributed by atoms with E-state index in [1.165, 1.54) is 35.6 Å². The molecule has 0 saturated heterocycles. The lowest BCUT2D eigenvalue weighted by molar-refractivity contribution is -0.387. The molecule has 30 heavy (non-hydrogen) atoms. The summed E-state index contributed by atoms with van der Waals surface area (Å²) in [6.45, 7) is 0. The van der Waals surface area contributed by atoms with Gasteiger partial charge in [-0.1, -0.05) is 0 Å². The minimum Gasteiger partial charge on any atom is -0.507 e. The number of carboxylic acids is 1. The number of phenols is 1. The predicted molar refractivity (Wildman–Crippen MR) is 119 cm³/mol. The van der Waals surface area contributed by atoms with Crippen LogP contribution in [0.25, 0.3) is 11.3 Å². The molecule has 4 N–H and O–H groups in total. The largest absolute Gasteiger partial charge is 0.507 e. The highest BCUT2D eigenvalue weighted by atomic mass is 32.1. The molecule has 0 spiro atoms. The van der Waals surface area contributed by atoms with Gasteiger partial charge in [0.05, 0.1) is 10.6 Å². The number of rotatable bonds is 5. The number of hydrogen-bond acceptors (Lipinski definition) is 7. The molecule has 156 valence electrons. The summed E-state index contributed by atoms with van der Waals surface area (Å²) in [6.07, 6.45) is 0. The number of aromatic hydroxyl groups is 1. The number of nitrogens with zero attached hydrogens (tertiary/aromatic N) is 2. The highest BCUT2D eigenvalue weighted by Crippen LogP contribution is 2.28. The smallest absolute Gasteiger partial charge is 0.339 e. The lowest BCUT2D eigenvalue weighted by atomic mass is 10.1. The van der Waals surface area contributed by atoms with Crippen LogP contribution in [0, 0.1) is 15.9 Å². The van der Waals surface area contributed by atoms with Gasteiger partial charge in [0.15, 0.2) is 10.2 Å². The number of carboxylic acid groups (broad SMARTS) is 1. The maximum atomic E-state index is 13.8. The van der Waals surface area contributed by atoms with Crippen LogP contribution < -0.4 is 10.6 Å². The fraction of sp³-hybridized carbons (Fsp3) is 0. The third kappa shape index (κ3) is 5.20. The van der Waals surface area contributed by atoms with Gasteiger partial charge >= 0.3 is 11.7 Å². The van der Waals surface area contributed by atoms with Crippen LogP contribution in [0.5, 0.6) is 5.75 Å². The van der Waals surface area contributed by atoms with Gasteiger partial charge in [0.2, 0.25) is 5.82 Å². The number of anilines is 2. The van der Waals surface area contributed by atoms with Crippen LogP contribution in [0.15, 0.2) is 41.8 Å². The molecule has 0 aliphatic heterocycles. The van der Waals surface area contributed by atoms with Gasteiger partial charge in [0.1, 0.15) is 11.3 Å². The SMILES string of the molecule is O=C(O)c1ccc(NC(=S)Nc2nc(-c3ccc([N+](=O)[O-])c(F)c3)cs2)cc1O.S. The third-order valence-corrected chi connectivity index (χ3v) is 4.61. The quantitative estimate of drug-likeness (QED) is 0.247. The molecule has 0 aliphatic rings. The van der Waals surface area contributed by atoms with E-state index in [-0.39, 0.29) is 24.2 Å². The van der Waals surface area contributed by atoms with Crippen molar-refractivity contribution < 1.29 is 24.3 Å². The summed E-state index contributed by atoms with van der Waals surface area (Å²) in [5, 5.41) is 37.0. The Hall–Kier alpha value is -3.29. The number of halogens is 1. The van der Waals surface area contributed by atoms with Gasteiger partial charge in [-0.2, -0.15) is 17.9 Å². The first-order valence-corrected chi connectivity index (χ1v) is 9.07. The monoisotopic (exact) mass is 468 g/mol. The van der Waals surface area contributed by atoms with Gasteiger partial charge in [0.25, 0.3) is 0 Å². The van der Waals surface area contributed by atoms with Crippen molar-refractivity contribution in [2.75, 3.05) is 10.6 Å². The molecule has 13 heteroatoms. The topological polar surface area (TPSA) is 138 Å². The summed E-state index contributed by atoms with van der Waals surface area (Å²) in [5.41, 5.74) is 0.265. The number of nitro groups is 1. The standard InChI is InChI=1S/C17H11FN4O5S2.H2S/c18-11-5-8(1-4-13(11)22(26)27)12-7-29-17(20-12)21-16(28)19-9-2-3-10(15(24)25)14(23)6-9;/h1-7,23H,(H,24,25)(H2,19,20,21,28);1H2. The van der Waals surface area contributed by atoms with Crippen LogP contribution in [0.4, 0.5) is 20.9 Å². The second kappa shape index (κ2) is 9.47. The molecule has 0 saturated carbocycles. The Labute approximate surface area is 184 Å². The first kappa shape index (κ1) is 23.0. The number of thiazole rings is 1. The fourth-order valence-electron chi connectivity index (χ4n) is 2.33. The molecule has 3 rings (SSSR count). The van der Waals surface area contributed by atoms with Crippen molar-refractivity contribution in [3.8, 4) is 17.0 Å². The number of benzene rings is 2. The van der Waals surface area contributed by atoms with Gasteiger partial charge in [-0.25, -0.2) is 9.78 Å². The number of aromatic carboxylic acids is 1. The molecule has 1 aromatic heterocycles. The average Bonchev–Trinajstić information content (AvgIpc) is 3.09. The van der Waals surface area contributed by atoms with Crippen molar-refractivity contribution in [2.24, 2.45) is 0 Å². The van der Waals surface area contributed by atoms with E-state index in [2.05, 4.69) is 15.6 Å². The molecular weight excluding hydrogens is 455 g/mol.